The molecule has 1 amide bonds. The molecule has 1 saturated carbocycles. The Morgan fingerprint density at radius 3 is 3.00 bits per heavy atom. The molecule has 0 spiro atoms. The molecule has 104 valence electrons. The first-order valence-corrected chi connectivity index (χ1v) is 7.10. The molecule has 1 aliphatic rings. The van der Waals surface area contributed by atoms with Gasteiger partial charge in [-0.2, -0.15) is 0 Å². The number of pyridine rings is 1. The van der Waals surface area contributed by atoms with Crippen LogP contribution in [0.25, 0.3) is 0 Å². The van der Waals surface area contributed by atoms with E-state index in [-0.39, 0.29) is 17.3 Å². The third-order valence-electron chi connectivity index (χ3n) is 3.46. The fourth-order valence-corrected chi connectivity index (χ4v) is 2.74. The summed E-state index contributed by atoms with van der Waals surface area (Å²) >= 11 is 6.33. The van der Waals surface area contributed by atoms with Crippen molar-refractivity contribution in [2.75, 3.05) is 7.11 Å². The highest BCUT2D eigenvalue weighted by Crippen LogP contribution is 2.23. The van der Waals surface area contributed by atoms with Gasteiger partial charge in [0.05, 0.1) is 12.5 Å². The monoisotopic (exact) mass is 282 g/mol. The molecule has 1 aromatic rings. The number of alkyl halides is 1. The molecule has 2 unspecified atom stereocenters. The van der Waals surface area contributed by atoms with Crippen LogP contribution in [0.5, 0.6) is 5.88 Å². The molecule has 1 aliphatic carbocycles. The second-order valence-electron chi connectivity index (χ2n) is 4.79. The Bertz CT molecular complexity index is 439. The lowest BCUT2D eigenvalue weighted by molar-refractivity contribution is 0.0930. The quantitative estimate of drug-likeness (QED) is 0.685. The number of nitrogens with zero attached hydrogens (tertiary/aromatic N) is 1. The highest BCUT2D eigenvalue weighted by Gasteiger charge is 2.24. The first-order chi connectivity index (χ1) is 9.22. The van der Waals surface area contributed by atoms with E-state index in [1.165, 1.54) is 13.5 Å². The zero-order valence-corrected chi connectivity index (χ0v) is 11.8. The summed E-state index contributed by atoms with van der Waals surface area (Å²) in [5.41, 5.74) is 0.457. The molecule has 4 nitrogen and oxygen atoms in total. The summed E-state index contributed by atoms with van der Waals surface area (Å²) in [5, 5.41) is 3.02. The summed E-state index contributed by atoms with van der Waals surface area (Å²) in [6.07, 6.45) is 6.92. The van der Waals surface area contributed by atoms with Crippen molar-refractivity contribution in [1.29, 1.82) is 0 Å². The second-order valence-corrected chi connectivity index (χ2v) is 5.35. The van der Waals surface area contributed by atoms with Gasteiger partial charge in [0.25, 0.3) is 5.91 Å². The van der Waals surface area contributed by atoms with E-state index >= 15 is 0 Å². The Morgan fingerprint density at radius 1 is 1.42 bits per heavy atom. The molecule has 0 aromatic carbocycles. The van der Waals surface area contributed by atoms with Gasteiger partial charge >= 0.3 is 0 Å². The third kappa shape index (κ3) is 3.60. The zero-order valence-electron chi connectivity index (χ0n) is 11.1. The van der Waals surface area contributed by atoms with Gasteiger partial charge in [0, 0.05) is 12.2 Å². The zero-order chi connectivity index (χ0) is 13.7. The maximum absolute atomic E-state index is 12.3. The van der Waals surface area contributed by atoms with Crippen LogP contribution in [-0.2, 0) is 0 Å². The first kappa shape index (κ1) is 14.1. The molecule has 0 saturated heterocycles. The lowest BCUT2D eigenvalue weighted by atomic mass is 10.1. The Kier molecular flexibility index (Phi) is 5.02. The maximum Gasteiger partial charge on any atom is 0.257 e. The molecule has 0 aliphatic heterocycles. The number of methoxy groups -OCH3 is 1. The normalized spacial score (nSPS) is 23.5. The summed E-state index contributed by atoms with van der Waals surface area (Å²) in [7, 11) is 1.51. The minimum absolute atomic E-state index is 0.00844. The average Bonchev–Trinajstić information content (AvgIpc) is 2.64. The summed E-state index contributed by atoms with van der Waals surface area (Å²) in [6.45, 7) is 0. The van der Waals surface area contributed by atoms with Crippen molar-refractivity contribution in [3.63, 3.8) is 0 Å². The van der Waals surface area contributed by atoms with Crippen molar-refractivity contribution in [2.45, 2.75) is 43.5 Å². The van der Waals surface area contributed by atoms with Crippen molar-refractivity contribution in [3.05, 3.63) is 23.9 Å². The summed E-state index contributed by atoms with van der Waals surface area (Å²) < 4.78 is 5.10. The fourth-order valence-electron chi connectivity index (χ4n) is 2.40. The van der Waals surface area contributed by atoms with Gasteiger partial charge in [0.15, 0.2) is 0 Å². The van der Waals surface area contributed by atoms with Crippen LogP contribution < -0.4 is 10.1 Å². The van der Waals surface area contributed by atoms with Gasteiger partial charge in [0.1, 0.15) is 5.56 Å². The van der Waals surface area contributed by atoms with Gasteiger partial charge in [0.2, 0.25) is 5.88 Å². The lowest BCUT2D eigenvalue weighted by Crippen LogP contribution is -2.40. The van der Waals surface area contributed by atoms with Crippen molar-refractivity contribution in [2.24, 2.45) is 0 Å². The van der Waals surface area contributed by atoms with Gasteiger partial charge in [-0.3, -0.25) is 4.79 Å². The largest absolute Gasteiger partial charge is 0.480 e. The Labute approximate surface area is 118 Å². The predicted molar refractivity (Wildman–Crippen MR) is 74.8 cm³/mol. The second kappa shape index (κ2) is 6.75. The van der Waals surface area contributed by atoms with Crippen LogP contribution in [0.2, 0.25) is 0 Å². The van der Waals surface area contributed by atoms with Crippen LogP contribution in [-0.4, -0.2) is 29.4 Å². The van der Waals surface area contributed by atoms with Gasteiger partial charge in [-0.1, -0.05) is 19.3 Å². The number of carbonyl (C=O) groups is 1. The summed E-state index contributed by atoms with van der Waals surface area (Å²) in [6, 6.07) is 3.46. The lowest BCUT2D eigenvalue weighted by Gasteiger charge is -2.21. The van der Waals surface area contributed by atoms with Crippen LogP contribution in [0.15, 0.2) is 18.3 Å². The van der Waals surface area contributed by atoms with E-state index in [0.717, 1.165) is 25.7 Å². The number of nitrogens with one attached hydrogen (secondary N) is 1. The molecule has 0 bridgehead atoms. The minimum atomic E-state index is -0.164. The maximum atomic E-state index is 12.3. The van der Waals surface area contributed by atoms with E-state index in [0.29, 0.717) is 11.4 Å². The molecular weight excluding hydrogens is 264 g/mol. The Morgan fingerprint density at radius 2 is 2.21 bits per heavy atom. The standard InChI is InChI=1S/C14H19ClN2O2/c1-19-14-10(6-5-9-16-14)13(18)17-12-8-4-2-3-7-11(12)15/h5-6,9,11-12H,2-4,7-8H2,1H3,(H,17,18). The molecule has 1 N–H and O–H groups in total. The van der Waals surface area contributed by atoms with Crippen LogP contribution >= 0.6 is 11.6 Å². The van der Waals surface area contributed by atoms with E-state index in [4.69, 9.17) is 16.3 Å². The average molecular weight is 283 g/mol. The number of ether oxygens (including phenoxy) is 1. The molecular formula is C14H19ClN2O2. The van der Waals surface area contributed by atoms with Crippen molar-refractivity contribution in [3.8, 4) is 5.88 Å². The SMILES string of the molecule is COc1ncccc1C(=O)NC1CCCCCC1Cl. The number of aromatic nitrogens is 1. The van der Waals surface area contributed by atoms with Gasteiger partial charge in [-0.15, -0.1) is 11.6 Å². The molecule has 0 radical (unpaired) electrons. The topological polar surface area (TPSA) is 51.2 Å². The molecule has 1 fully saturated rings. The van der Waals surface area contributed by atoms with Gasteiger partial charge in [-0.05, 0) is 25.0 Å². The fraction of sp³-hybridized carbons (Fsp3) is 0.571. The smallest absolute Gasteiger partial charge is 0.257 e. The van der Waals surface area contributed by atoms with E-state index < -0.39 is 0 Å². The number of hydrogen-bond donors (Lipinski definition) is 1. The number of carbonyl (C=O) groups excluding carboxylic acids is 1. The Hall–Kier alpha value is -1.29. The van der Waals surface area contributed by atoms with Crippen LogP contribution in [0.4, 0.5) is 0 Å². The van der Waals surface area contributed by atoms with Crippen LogP contribution in [0.3, 0.4) is 0 Å². The van der Waals surface area contributed by atoms with Crippen molar-refractivity contribution < 1.29 is 9.53 Å². The highest BCUT2D eigenvalue weighted by molar-refractivity contribution is 6.21. The summed E-state index contributed by atoms with van der Waals surface area (Å²) in [4.78, 5) is 16.3. The summed E-state index contributed by atoms with van der Waals surface area (Å²) in [5.74, 6) is 0.183. The van der Waals surface area contributed by atoms with E-state index in [1.54, 1.807) is 18.3 Å². The molecule has 19 heavy (non-hydrogen) atoms. The minimum Gasteiger partial charge on any atom is -0.480 e. The number of amides is 1. The van der Waals surface area contributed by atoms with Gasteiger partial charge in [-0.25, -0.2) is 4.98 Å². The van der Waals surface area contributed by atoms with Crippen LogP contribution in [0, 0.1) is 0 Å². The number of rotatable bonds is 3. The third-order valence-corrected chi connectivity index (χ3v) is 3.98. The molecule has 5 heteroatoms. The molecule has 2 rings (SSSR count). The van der Waals surface area contributed by atoms with Gasteiger partial charge < -0.3 is 10.1 Å². The Balaban J connectivity index is 2.07. The number of halogens is 1. The molecule has 1 heterocycles. The molecule has 2 atom stereocenters. The molecule has 1 aromatic heterocycles. The van der Waals surface area contributed by atoms with E-state index in [1.807, 2.05) is 0 Å². The van der Waals surface area contributed by atoms with E-state index in [2.05, 4.69) is 10.3 Å². The number of hydrogen-bond acceptors (Lipinski definition) is 3. The van der Waals surface area contributed by atoms with Crippen LogP contribution in [0.1, 0.15) is 42.5 Å². The first-order valence-electron chi connectivity index (χ1n) is 6.66. The predicted octanol–water partition coefficient (Wildman–Crippen LogP) is 2.76. The highest BCUT2D eigenvalue weighted by atomic mass is 35.5. The van der Waals surface area contributed by atoms with E-state index in [9.17, 15) is 4.79 Å². The van der Waals surface area contributed by atoms with Crippen molar-refractivity contribution in [1.82, 2.24) is 10.3 Å². The van der Waals surface area contributed by atoms with Crippen molar-refractivity contribution >= 4 is 17.5 Å².